The van der Waals surface area contributed by atoms with Gasteiger partial charge >= 0.3 is 5.97 Å². The van der Waals surface area contributed by atoms with E-state index in [1.54, 1.807) is 0 Å². The first kappa shape index (κ1) is 10.3. The minimum Gasteiger partial charge on any atom is -0.469 e. The van der Waals surface area contributed by atoms with E-state index in [1.165, 1.54) is 13.5 Å². The number of nitrogens with zero attached hydrogens (tertiary/aromatic N) is 1. The van der Waals surface area contributed by atoms with Crippen LogP contribution < -0.4 is 0 Å². The summed E-state index contributed by atoms with van der Waals surface area (Å²) in [6.45, 7) is 2.27. The molecule has 1 atom stereocenters. The molecule has 0 bridgehead atoms. The van der Waals surface area contributed by atoms with E-state index in [0.717, 1.165) is 13.1 Å². The van der Waals surface area contributed by atoms with Crippen LogP contribution in [0.5, 0.6) is 0 Å². The van der Waals surface area contributed by atoms with Gasteiger partial charge in [-0.15, -0.1) is 0 Å². The molecule has 0 aromatic carbocycles. The molecular formula is C10H17NO2. The molecule has 3 heteroatoms. The standard InChI is InChI=1S/C10H17NO2/c1-11-7-6-9(8-11)4-3-5-10(12)13-2/h3-4,9H,5-8H2,1-2H3/b4-3-. The first-order chi connectivity index (χ1) is 6.22. The van der Waals surface area contributed by atoms with Gasteiger partial charge in [0.2, 0.25) is 0 Å². The van der Waals surface area contributed by atoms with Crippen LogP contribution in [-0.2, 0) is 9.53 Å². The molecule has 1 aliphatic rings. The van der Waals surface area contributed by atoms with Crippen LogP contribution in [0.2, 0.25) is 0 Å². The molecule has 0 saturated carbocycles. The van der Waals surface area contributed by atoms with Gasteiger partial charge in [-0.1, -0.05) is 12.2 Å². The third-order valence-electron chi connectivity index (χ3n) is 2.35. The zero-order valence-electron chi connectivity index (χ0n) is 8.32. The highest BCUT2D eigenvalue weighted by molar-refractivity contribution is 5.70. The summed E-state index contributed by atoms with van der Waals surface area (Å²) in [7, 11) is 3.54. The van der Waals surface area contributed by atoms with Crippen molar-refractivity contribution in [2.24, 2.45) is 5.92 Å². The van der Waals surface area contributed by atoms with Crippen LogP contribution in [0.15, 0.2) is 12.2 Å². The monoisotopic (exact) mass is 183 g/mol. The third-order valence-corrected chi connectivity index (χ3v) is 2.35. The van der Waals surface area contributed by atoms with Crippen LogP contribution in [-0.4, -0.2) is 38.1 Å². The summed E-state index contributed by atoms with van der Waals surface area (Å²) >= 11 is 0. The molecule has 0 radical (unpaired) electrons. The number of ether oxygens (including phenoxy) is 1. The molecule has 74 valence electrons. The normalized spacial score (nSPS) is 24.0. The summed E-state index contributed by atoms with van der Waals surface area (Å²) in [5, 5.41) is 0. The number of rotatable bonds is 3. The van der Waals surface area contributed by atoms with E-state index in [4.69, 9.17) is 0 Å². The van der Waals surface area contributed by atoms with Gasteiger partial charge in [0.05, 0.1) is 13.5 Å². The van der Waals surface area contributed by atoms with Crippen molar-refractivity contribution in [1.29, 1.82) is 0 Å². The van der Waals surface area contributed by atoms with E-state index in [1.807, 2.05) is 6.08 Å². The number of carbonyl (C=O) groups is 1. The summed E-state index contributed by atoms with van der Waals surface area (Å²) in [5.74, 6) is 0.456. The Balaban J connectivity index is 2.20. The molecule has 1 rings (SSSR count). The largest absolute Gasteiger partial charge is 0.469 e. The minimum absolute atomic E-state index is 0.164. The van der Waals surface area contributed by atoms with Gasteiger partial charge in [-0.2, -0.15) is 0 Å². The lowest BCUT2D eigenvalue weighted by Crippen LogP contribution is -2.13. The average Bonchev–Trinajstić information content (AvgIpc) is 2.51. The zero-order chi connectivity index (χ0) is 9.68. The Kier molecular flexibility index (Phi) is 3.96. The van der Waals surface area contributed by atoms with Gasteiger partial charge in [-0.3, -0.25) is 4.79 Å². The Morgan fingerprint density at radius 1 is 1.69 bits per heavy atom. The maximum atomic E-state index is 10.8. The highest BCUT2D eigenvalue weighted by Gasteiger charge is 2.16. The SMILES string of the molecule is COC(=O)C/C=C\C1CCN(C)C1. The molecule has 1 aliphatic heterocycles. The summed E-state index contributed by atoms with van der Waals surface area (Å²) in [4.78, 5) is 13.1. The van der Waals surface area contributed by atoms with Crippen molar-refractivity contribution in [3.05, 3.63) is 12.2 Å². The molecule has 1 heterocycles. The lowest BCUT2D eigenvalue weighted by Gasteiger charge is -2.05. The van der Waals surface area contributed by atoms with Crippen molar-refractivity contribution in [1.82, 2.24) is 4.90 Å². The van der Waals surface area contributed by atoms with Crippen LogP contribution >= 0.6 is 0 Å². The second-order valence-corrected chi connectivity index (χ2v) is 3.52. The van der Waals surface area contributed by atoms with Crippen molar-refractivity contribution in [3.63, 3.8) is 0 Å². The predicted molar refractivity (Wildman–Crippen MR) is 51.4 cm³/mol. The van der Waals surface area contributed by atoms with E-state index < -0.39 is 0 Å². The highest BCUT2D eigenvalue weighted by atomic mass is 16.5. The number of carbonyl (C=O) groups excluding carboxylic acids is 1. The summed E-state index contributed by atoms with van der Waals surface area (Å²) in [6.07, 6.45) is 5.64. The van der Waals surface area contributed by atoms with Crippen molar-refractivity contribution in [2.45, 2.75) is 12.8 Å². The van der Waals surface area contributed by atoms with Crippen molar-refractivity contribution in [2.75, 3.05) is 27.2 Å². The fraction of sp³-hybridized carbons (Fsp3) is 0.700. The van der Waals surface area contributed by atoms with Crippen LogP contribution in [0.3, 0.4) is 0 Å². The molecule has 1 fully saturated rings. The summed E-state index contributed by atoms with van der Waals surface area (Å²) in [5.41, 5.74) is 0. The van der Waals surface area contributed by atoms with Gasteiger partial charge in [-0.25, -0.2) is 0 Å². The van der Waals surface area contributed by atoms with Gasteiger partial charge in [0.1, 0.15) is 0 Å². The second-order valence-electron chi connectivity index (χ2n) is 3.52. The van der Waals surface area contributed by atoms with Crippen LogP contribution in [0.25, 0.3) is 0 Å². The van der Waals surface area contributed by atoms with Gasteiger partial charge < -0.3 is 9.64 Å². The lowest BCUT2D eigenvalue weighted by atomic mass is 10.1. The Hall–Kier alpha value is -0.830. The Labute approximate surface area is 79.4 Å². The maximum Gasteiger partial charge on any atom is 0.309 e. The van der Waals surface area contributed by atoms with Gasteiger partial charge in [0.25, 0.3) is 0 Å². The average molecular weight is 183 g/mol. The molecule has 0 spiro atoms. The van der Waals surface area contributed by atoms with E-state index in [2.05, 4.69) is 22.8 Å². The predicted octanol–water partition coefficient (Wildman–Crippen LogP) is 1.06. The molecule has 0 aliphatic carbocycles. The molecule has 0 amide bonds. The molecule has 1 unspecified atom stereocenters. The molecule has 0 N–H and O–H groups in total. The van der Waals surface area contributed by atoms with E-state index in [-0.39, 0.29) is 5.97 Å². The molecule has 1 saturated heterocycles. The Morgan fingerprint density at radius 3 is 3.00 bits per heavy atom. The zero-order valence-corrected chi connectivity index (χ0v) is 8.32. The van der Waals surface area contributed by atoms with Crippen LogP contribution in [0.4, 0.5) is 0 Å². The van der Waals surface area contributed by atoms with Crippen LogP contribution in [0.1, 0.15) is 12.8 Å². The molecule has 13 heavy (non-hydrogen) atoms. The van der Waals surface area contributed by atoms with E-state index in [9.17, 15) is 4.79 Å². The summed E-state index contributed by atoms with van der Waals surface area (Å²) < 4.78 is 4.54. The smallest absolute Gasteiger partial charge is 0.309 e. The van der Waals surface area contributed by atoms with Crippen molar-refractivity contribution >= 4 is 5.97 Å². The number of methoxy groups -OCH3 is 1. The number of hydrogen-bond acceptors (Lipinski definition) is 3. The topological polar surface area (TPSA) is 29.5 Å². The first-order valence-corrected chi connectivity index (χ1v) is 4.64. The molecule has 0 aromatic rings. The number of likely N-dealkylation sites (tertiary alicyclic amines) is 1. The van der Waals surface area contributed by atoms with Gasteiger partial charge in [-0.05, 0) is 25.9 Å². The Bertz CT molecular complexity index is 201. The minimum atomic E-state index is -0.164. The lowest BCUT2D eigenvalue weighted by molar-refractivity contribution is -0.139. The fourth-order valence-corrected chi connectivity index (χ4v) is 1.57. The van der Waals surface area contributed by atoms with E-state index in [0.29, 0.717) is 12.3 Å². The number of esters is 1. The number of hydrogen-bond donors (Lipinski definition) is 0. The maximum absolute atomic E-state index is 10.8. The molecule has 3 nitrogen and oxygen atoms in total. The quantitative estimate of drug-likeness (QED) is 0.484. The third kappa shape index (κ3) is 3.59. The summed E-state index contributed by atoms with van der Waals surface area (Å²) in [6, 6.07) is 0. The van der Waals surface area contributed by atoms with Gasteiger partial charge in [0.15, 0.2) is 0 Å². The van der Waals surface area contributed by atoms with Crippen molar-refractivity contribution < 1.29 is 9.53 Å². The first-order valence-electron chi connectivity index (χ1n) is 4.64. The van der Waals surface area contributed by atoms with Gasteiger partial charge in [0, 0.05) is 6.54 Å². The molecular weight excluding hydrogens is 166 g/mol. The fourth-order valence-electron chi connectivity index (χ4n) is 1.57. The van der Waals surface area contributed by atoms with Crippen LogP contribution in [0, 0.1) is 5.92 Å². The van der Waals surface area contributed by atoms with E-state index >= 15 is 0 Å². The second kappa shape index (κ2) is 5.02. The van der Waals surface area contributed by atoms with Crippen molar-refractivity contribution in [3.8, 4) is 0 Å². The Morgan fingerprint density at radius 2 is 2.46 bits per heavy atom. The molecule has 0 aromatic heterocycles. The highest BCUT2D eigenvalue weighted by Crippen LogP contribution is 2.15.